The molecule has 0 amide bonds. The van der Waals surface area contributed by atoms with E-state index in [-0.39, 0.29) is 42.7 Å². The number of pyridine rings is 1. The predicted molar refractivity (Wildman–Crippen MR) is 150 cm³/mol. The fraction of sp³-hybridized carbons (Fsp3) is 0.345. The number of alkyl halides is 5. The van der Waals surface area contributed by atoms with Crippen LogP contribution in [0.5, 0.6) is 0 Å². The molecule has 1 saturated carbocycles. The Morgan fingerprint density at radius 3 is 2.43 bits per heavy atom. The molecule has 3 aromatic heterocycles. The molecule has 2 atom stereocenters. The number of halogens is 6. The Kier molecular flexibility index (Phi) is 7.87. The molecule has 4 aromatic rings. The van der Waals surface area contributed by atoms with Gasteiger partial charge in [0.05, 0.1) is 34.8 Å². The molecule has 10 nitrogen and oxygen atoms in total. The number of ketones is 1. The van der Waals surface area contributed by atoms with Gasteiger partial charge in [-0.3, -0.25) is 9.78 Å². The van der Waals surface area contributed by atoms with Gasteiger partial charge in [0.25, 0.3) is 10.0 Å². The van der Waals surface area contributed by atoms with Crippen molar-refractivity contribution in [3.8, 4) is 5.69 Å². The summed E-state index contributed by atoms with van der Waals surface area (Å²) in [6, 6.07) is 6.54. The second-order valence-corrected chi connectivity index (χ2v) is 12.9. The largest absolute Gasteiger partial charge is 0.417 e. The number of hydrogen-bond acceptors (Lipinski definition) is 7. The van der Waals surface area contributed by atoms with Gasteiger partial charge in [-0.25, -0.2) is 17.5 Å². The fourth-order valence-corrected chi connectivity index (χ4v) is 7.80. The van der Waals surface area contributed by atoms with Crippen molar-refractivity contribution in [2.75, 3.05) is 6.54 Å². The van der Waals surface area contributed by atoms with Crippen molar-refractivity contribution in [3.05, 3.63) is 88.9 Å². The topological polar surface area (TPSA) is 116 Å². The Morgan fingerprint density at radius 1 is 1.09 bits per heavy atom. The fourth-order valence-electron chi connectivity index (χ4n) is 6.28. The first-order chi connectivity index (χ1) is 21.7. The molecule has 0 bridgehead atoms. The summed E-state index contributed by atoms with van der Waals surface area (Å²) < 4.78 is 110. The van der Waals surface area contributed by atoms with Crippen LogP contribution in [-0.4, -0.2) is 60.9 Å². The predicted octanol–water partition coefficient (Wildman–Crippen LogP) is 5.48. The van der Waals surface area contributed by atoms with E-state index >= 15 is 0 Å². The average Bonchev–Trinajstić information content (AvgIpc) is 3.68. The number of carbonyl (C=O) groups is 1. The molecular weight excluding hydrogens is 640 g/mol. The summed E-state index contributed by atoms with van der Waals surface area (Å²) in [6.07, 6.45) is 0.285. The van der Waals surface area contributed by atoms with Crippen LogP contribution in [0.3, 0.4) is 0 Å². The summed E-state index contributed by atoms with van der Waals surface area (Å²) in [4.78, 5) is 18.2. The summed E-state index contributed by atoms with van der Waals surface area (Å²) in [5.74, 6) is -1.04. The maximum Gasteiger partial charge on any atom is 0.417 e. The molecule has 1 aromatic carbocycles. The molecule has 3 heterocycles. The number of aromatic nitrogens is 6. The molecule has 17 heteroatoms. The van der Waals surface area contributed by atoms with Crippen LogP contribution in [-0.2, 0) is 22.6 Å². The first kappa shape index (κ1) is 31.6. The zero-order chi connectivity index (χ0) is 33.0. The Morgan fingerprint density at radius 2 is 1.83 bits per heavy atom. The SMILES string of the molecule is CCN([C@H]1CCC2=Cc3c(cnn3-c3ccc(F)cc3)C[C@]2(C(=O)c2ccc(C(F)(F)F)cn2)C1)S(=O)(=O)c1cnn(C(F)F)n1. The van der Waals surface area contributed by atoms with E-state index in [1.165, 1.54) is 30.5 Å². The lowest BCUT2D eigenvalue weighted by Crippen LogP contribution is -2.50. The Balaban J connectivity index is 1.42. The second-order valence-electron chi connectivity index (χ2n) is 11.0. The molecule has 0 radical (unpaired) electrons. The summed E-state index contributed by atoms with van der Waals surface area (Å²) in [7, 11) is -4.45. The van der Waals surface area contributed by atoms with Crippen LogP contribution >= 0.6 is 0 Å². The van der Waals surface area contributed by atoms with Crippen molar-refractivity contribution in [1.29, 1.82) is 0 Å². The molecule has 1 fully saturated rings. The summed E-state index contributed by atoms with van der Waals surface area (Å²) >= 11 is 0. The monoisotopic (exact) mass is 665 g/mol. The third kappa shape index (κ3) is 5.40. The van der Waals surface area contributed by atoms with Crippen LogP contribution in [0, 0.1) is 11.2 Å². The first-order valence-corrected chi connectivity index (χ1v) is 15.5. The number of sulfonamides is 1. The van der Waals surface area contributed by atoms with Gasteiger partial charge in [0.1, 0.15) is 11.5 Å². The van der Waals surface area contributed by atoms with Gasteiger partial charge >= 0.3 is 12.7 Å². The van der Waals surface area contributed by atoms with E-state index in [4.69, 9.17) is 0 Å². The minimum Gasteiger partial charge on any atom is -0.291 e. The van der Waals surface area contributed by atoms with Crippen LogP contribution in [0.1, 0.15) is 60.0 Å². The van der Waals surface area contributed by atoms with Crippen molar-refractivity contribution in [2.24, 2.45) is 5.41 Å². The number of fused-ring (bicyclic) bond motifs is 2. The minimum atomic E-state index is -4.68. The van der Waals surface area contributed by atoms with Crippen LogP contribution in [0.25, 0.3) is 11.8 Å². The van der Waals surface area contributed by atoms with E-state index < -0.39 is 56.4 Å². The molecule has 46 heavy (non-hydrogen) atoms. The molecule has 2 aliphatic rings. The number of rotatable bonds is 8. The summed E-state index contributed by atoms with van der Waals surface area (Å²) in [5, 5.41) is 10.5. The van der Waals surface area contributed by atoms with Gasteiger partial charge < -0.3 is 0 Å². The summed E-state index contributed by atoms with van der Waals surface area (Å²) in [6.45, 7) is -1.70. The van der Waals surface area contributed by atoms with E-state index in [1.54, 1.807) is 17.7 Å². The molecule has 0 aliphatic heterocycles. The van der Waals surface area contributed by atoms with Gasteiger partial charge in [-0.2, -0.15) is 36.5 Å². The second kappa shape index (κ2) is 11.5. The van der Waals surface area contributed by atoms with Crippen LogP contribution < -0.4 is 0 Å². The first-order valence-electron chi connectivity index (χ1n) is 14.1. The normalized spacial score (nSPS) is 20.0. The summed E-state index contributed by atoms with van der Waals surface area (Å²) in [5.41, 5.74) is -0.333. The van der Waals surface area contributed by atoms with E-state index in [9.17, 15) is 39.6 Å². The highest BCUT2D eigenvalue weighted by molar-refractivity contribution is 7.89. The number of carbonyl (C=O) groups excluding carboxylic acids is 1. The maximum atomic E-state index is 14.4. The lowest BCUT2D eigenvalue weighted by atomic mass is 9.60. The number of benzene rings is 1. The van der Waals surface area contributed by atoms with E-state index in [2.05, 4.69) is 20.3 Å². The highest BCUT2D eigenvalue weighted by Crippen LogP contribution is 2.51. The van der Waals surface area contributed by atoms with Crippen LogP contribution in [0.15, 0.2) is 65.6 Å². The van der Waals surface area contributed by atoms with Crippen LogP contribution in [0.4, 0.5) is 26.3 Å². The molecule has 0 unspecified atom stereocenters. The van der Waals surface area contributed by atoms with E-state index in [0.717, 1.165) is 22.6 Å². The number of hydrogen-bond donors (Lipinski definition) is 0. The Labute approximate surface area is 258 Å². The van der Waals surface area contributed by atoms with Crippen molar-refractivity contribution in [1.82, 2.24) is 34.1 Å². The van der Waals surface area contributed by atoms with Gasteiger partial charge in [0.2, 0.25) is 5.03 Å². The highest BCUT2D eigenvalue weighted by atomic mass is 32.2. The lowest BCUT2D eigenvalue weighted by molar-refractivity contribution is -0.137. The zero-order valence-corrected chi connectivity index (χ0v) is 24.8. The van der Waals surface area contributed by atoms with Crippen molar-refractivity contribution in [3.63, 3.8) is 0 Å². The zero-order valence-electron chi connectivity index (χ0n) is 24.0. The average molecular weight is 666 g/mol. The van der Waals surface area contributed by atoms with E-state index in [1.807, 2.05) is 0 Å². The third-order valence-electron chi connectivity index (χ3n) is 8.42. The molecule has 2 aliphatic carbocycles. The van der Waals surface area contributed by atoms with E-state index in [0.29, 0.717) is 28.7 Å². The smallest absolute Gasteiger partial charge is 0.291 e. The Bertz CT molecular complexity index is 1920. The van der Waals surface area contributed by atoms with Crippen molar-refractivity contribution in [2.45, 2.75) is 56.4 Å². The molecular formula is C29H25F6N7O3S. The molecule has 0 spiro atoms. The third-order valence-corrected chi connectivity index (χ3v) is 10.3. The van der Waals surface area contributed by atoms with Crippen LogP contribution in [0.2, 0.25) is 0 Å². The number of Topliss-reactive ketones (excluding diaryl/α,β-unsaturated/α-hetero) is 1. The number of allylic oxidation sites excluding steroid dienone is 1. The highest BCUT2D eigenvalue weighted by Gasteiger charge is 2.52. The maximum absolute atomic E-state index is 14.4. The van der Waals surface area contributed by atoms with Gasteiger partial charge in [-0.1, -0.05) is 12.5 Å². The molecule has 0 saturated heterocycles. The van der Waals surface area contributed by atoms with Gasteiger partial charge in [0, 0.05) is 18.8 Å². The lowest BCUT2D eigenvalue weighted by Gasteiger charge is -2.46. The van der Waals surface area contributed by atoms with Crippen molar-refractivity contribution < 1.29 is 39.6 Å². The molecule has 0 N–H and O–H groups in total. The number of nitrogens with zero attached hydrogens (tertiary/aromatic N) is 7. The quantitative estimate of drug-likeness (QED) is 0.181. The van der Waals surface area contributed by atoms with Gasteiger partial charge in [-0.15, -0.1) is 9.90 Å². The molecule has 242 valence electrons. The van der Waals surface area contributed by atoms with Gasteiger partial charge in [-0.05, 0) is 73.7 Å². The molecule has 6 rings (SSSR count). The minimum absolute atomic E-state index is 0.0204. The standard InChI is InChI=1S/C29H25F6N7O3S/c1-2-40(46(44,45)25-16-38-42(39-25)27(31)32)22-7-3-18-11-24-17(14-37-41(24)21-8-5-20(30)6-9-21)12-28(18,13-22)26(43)23-10-4-19(15-36-23)29(33,34)35/h4-6,8-11,14-16,22,27H,2-3,7,12-13H2,1H3/t22-,28-/m0/s1. The van der Waals surface area contributed by atoms with Gasteiger partial charge in [0.15, 0.2) is 5.78 Å². The Hall–Kier alpha value is -4.38. The van der Waals surface area contributed by atoms with Crippen molar-refractivity contribution >= 4 is 21.9 Å².